The normalized spacial score (nSPS) is 14.2. The van der Waals surface area contributed by atoms with Gasteiger partial charge >= 0.3 is 6.18 Å². The Morgan fingerprint density at radius 3 is 2.45 bits per heavy atom. The van der Waals surface area contributed by atoms with E-state index in [9.17, 15) is 30.4 Å². The summed E-state index contributed by atoms with van der Waals surface area (Å²) in [6.07, 6.45) is -3.29. The maximum atomic E-state index is 14.9. The third-order valence-electron chi connectivity index (χ3n) is 6.36. The van der Waals surface area contributed by atoms with Gasteiger partial charge < -0.3 is 20.9 Å². The molecule has 0 saturated carbocycles. The zero-order valence-electron chi connectivity index (χ0n) is 21.9. The number of alkyl halides is 3. The van der Waals surface area contributed by atoms with E-state index in [2.05, 4.69) is 25.9 Å². The number of rotatable bonds is 8. The highest BCUT2D eigenvalue weighted by molar-refractivity contribution is 7.92. The number of aromatic nitrogens is 2. The number of anilines is 5. The number of halogens is 5. The summed E-state index contributed by atoms with van der Waals surface area (Å²) in [5.74, 6) is -2.57. The van der Waals surface area contributed by atoms with Gasteiger partial charge in [0.15, 0.2) is 0 Å². The smallest absolute Gasteiger partial charge is 0.367 e. The number of hydrogen-bond donors (Lipinski definition) is 3. The number of hydrogen-bond acceptors (Lipinski definition) is 8. The number of benzene rings is 2. The summed E-state index contributed by atoms with van der Waals surface area (Å²) in [5, 5.41) is 8.17. The van der Waals surface area contributed by atoms with Crippen LogP contribution in [0.4, 0.5) is 50.8 Å². The zero-order chi connectivity index (χ0) is 29.2. The topological polar surface area (TPSA) is 102 Å². The lowest BCUT2D eigenvalue weighted by molar-refractivity contribution is -0.137. The minimum absolute atomic E-state index is 0.0770. The zero-order valence-corrected chi connectivity index (χ0v) is 22.7. The Balaban J connectivity index is 1.62. The second kappa shape index (κ2) is 11.4. The lowest BCUT2D eigenvalue weighted by atomic mass is 10.1. The first kappa shape index (κ1) is 29.3. The van der Waals surface area contributed by atoms with Crippen molar-refractivity contribution in [1.29, 1.82) is 0 Å². The Hall–Kier alpha value is -3.72. The maximum absolute atomic E-state index is 14.9. The van der Waals surface area contributed by atoms with Crippen molar-refractivity contribution < 1.29 is 30.4 Å². The monoisotopic (exact) mass is 585 g/mol. The minimum Gasteiger partial charge on any atom is -0.367 e. The number of sulfonamides is 1. The van der Waals surface area contributed by atoms with Gasteiger partial charge in [-0.05, 0) is 24.1 Å². The lowest BCUT2D eigenvalue weighted by Gasteiger charge is -2.30. The fourth-order valence-corrected chi connectivity index (χ4v) is 4.69. The summed E-state index contributed by atoms with van der Waals surface area (Å²) in [6.45, 7) is 3.73. The molecular weight excluding hydrogens is 557 g/mol. The first-order chi connectivity index (χ1) is 18.7. The second-order valence-electron chi connectivity index (χ2n) is 9.32. The predicted molar refractivity (Wildman–Crippen MR) is 144 cm³/mol. The molecule has 1 aliphatic rings. The van der Waals surface area contributed by atoms with Gasteiger partial charge in [-0.1, -0.05) is 12.1 Å². The Morgan fingerprint density at radius 2 is 1.80 bits per heavy atom. The molecule has 0 amide bonds. The molecule has 0 unspecified atom stereocenters. The van der Waals surface area contributed by atoms with Crippen LogP contribution in [0, 0.1) is 18.6 Å². The average molecular weight is 586 g/mol. The highest BCUT2D eigenvalue weighted by atomic mass is 32.2. The first-order valence-corrected chi connectivity index (χ1v) is 14.0. The van der Waals surface area contributed by atoms with Crippen LogP contribution in [0.15, 0.2) is 36.5 Å². The number of aryl methyl sites for hydroxylation is 1. The van der Waals surface area contributed by atoms with E-state index in [4.69, 9.17) is 0 Å². The molecule has 9 nitrogen and oxygen atoms in total. The second-order valence-corrected chi connectivity index (χ2v) is 11.3. The van der Waals surface area contributed by atoms with E-state index < -0.39 is 45.2 Å². The molecule has 0 radical (unpaired) electrons. The molecular formula is C25H28F5N7O2S. The van der Waals surface area contributed by atoms with Crippen molar-refractivity contribution in [2.24, 2.45) is 0 Å². The molecule has 0 spiro atoms. The summed E-state index contributed by atoms with van der Waals surface area (Å²) in [4.78, 5) is 9.22. The van der Waals surface area contributed by atoms with E-state index in [-0.39, 0.29) is 23.6 Å². The Kier molecular flexibility index (Phi) is 8.35. The molecule has 1 aromatic heterocycles. The van der Waals surface area contributed by atoms with Gasteiger partial charge in [-0.2, -0.15) is 18.2 Å². The van der Waals surface area contributed by atoms with Gasteiger partial charge in [0.25, 0.3) is 0 Å². The highest BCUT2D eigenvalue weighted by Gasteiger charge is 2.35. The van der Waals surface area contributed by atoms with Gasteiger partial charge in [-0.25, -0.2) is 22.2 Å². The van der Waals surface area contributed by atoms with Crippen LogP contribution in [0.2, 0.25) is 0 Å². The predicted octanol–water partition coefficient (Wildman–Crippen LogP) is 4.24. The van der Waals surface area contributed by atoms with Crippen molar-refractivity contribution in [2.75, 3.05) is 59.3 Å². The molecule has 0 bridgehead atoms. The van der Waals surface area contributed by atoms with Gasteiger partial charge in [0.05, 0.1) is 23.3 Å². The molecule has 3 N–H and O–H groups in total. The average Bonchev–Trinajstić information content (AvgIpc) is 2.88. The summed E-state index contributed by atoms with van der Waals surface area (Å²) < 4.78 is 96.2. The van der Waals surface area contributed by atoms with E-state index in [1.165, 1.54) is 7.05 Å². The van der Waals surface area contributed by atoms with Gasteiger partial charge in [0.2, 0.25) is 16.0 Å². The Morgan fingerprint density at radius 1 is 1.10 bits per heavy atom. The van der Waals surface area contributed by atoms with Gasteiger partial charge in [-0.15, -0.1) is 0 Å². The largest absolute Gasteiger partial charge is 0.421 e. The van der Waals surface area contributed by atoms with Crippen LogP contribution < -0.4 is 25.2 Å². The van der Waals surface area contributed by atoms with Crippen LogP contribution in [-0.2, 0) is 22.7 Å². The van der Waals surface area contributed by atoms with Crippen molar-refractivity contribution in [1.82, 2.24) is 15.3 Å². The molecule has 40 heavy (non-hydrogen) atoms. The third kappa shape index (κ3) is 6.70. The van der Waals surface area contributed by atoms with Gasteiger partial charge in [0.1, 0.15) is 23.0 Å². The summed E-state index contributed by atoms with van der Waals surface area (Å²) in [7, 11) is -2.32. The fraction of sp³-hybridized carbons (Fsp3) is 0.360. The van der Waals surface area contributed by atoms with E-state index in [0.717, 1.165) is 28.3 Å². The molecule has 1 fully saturated rings. The number of piperazine rings is 1. The number of nitrogens with one attached hydrogen (secondary N) is 3. The quantitative estimate of drug-likeness (QED) is 0.338. The molecule has 4 rings (SSSR count). The van der Waals surface area contributed by atoms with Crippen molar-refractivity contribution in [3.8, 4) is 0 Å². The third-order valence-corrected chi connectivity index (χ3v) is 7.55. The SMILES string of the molecule is Cc1ccc(CNc2nc(Nc3cc(F)c(N4CCNCC4)cc3F)ncc2C(F)(F)F)c(N(C)S(C)(=O)=O)c1. The molecule has 0 atom stereocenters. The number of nitrogens with zero attached hydrogens (tertiary/aromatic N) is 4. The van der Waals surface area contributed by atoms with Crippen LogP contribution in [-0.4, -0.2) is 57.9 Å². The molecule has 216 valence electrons. The van der Waals surface area contributed by atoms with E-state index in [0.29, 0.717) is 37.9 Å². The van der Waals surface area contributed by atoms with Crippen LogP contribution in [0.3, 0.4) is 0 Å². The molecule has 1 saturated heterocycles. The van der Waals surface area contributed by atoms with Crippen LogP contribution >= 0.6 is 0 Å². The first-order valence-electron chi connectivity index (χ1n) is 12.2. The molecule has 1 aliphatic heterocycles. The highest BCUT2D eigenvalue weighted by Crippen LogP contribution is 2.35. The van der Waals surface area contributed by atoms with Gasteiger partial charge in [-0.3, -0.25) is 4.31 Å². The van der Waals surface area contributed by atoms with Crippen molar-refractivity contribution in [3.05, 3.63) is 64.9 Å². The molecule has 2 aromatic carbocycles. The standard InChI is InChI=1S/C25H28F5N7O2S/c1-15-4-5-16(21(10-15)36(2)40(3,38)39)13-32-23-17(25(28,29)30)14-33-24(35-23)34-20-11-19(27)22(12-18(20)26)37-8-6-31-7-9-37/h4-5,10-12,14,31H,6-9,13H2,1-3H3,(H2,32,33,34,35). The molecule has 3 aromatic rings. The van der Waals surface area contributed by atoms with Crippen LogP contribution in [0.25, 0.3) is 0 Å². The lowest BCUT2D eigenvalue weighted by Crippen LogP contribution is -2.43. The van der Waals surface area contributed by atoms with Gasteiger partial charge in [0, 0.05) is 58.1 Å². The van der Waals surface area contributed by atoms with Crippen molar-refractivity contribution in [3.63, 3.8) is 0 Å². The summed E-state index contributed by atoms with van der Waals surface area (Å²) >= 11 is 0. The van der Waals surface area contributed by atoms with Crippen LogP contribution in [0.1, 0.15) is 16.7 Å². The van der Waals surface area contributed by atoms with E-state index in [1.54, 1.807) is 30.0 Å². The summed E-state index contributed by atoms with van der Waals surface area (Å²) in [5.41, 5.74) is -0.0553. The van der Waals surface area contributed by atoms with E-state index >= 15 is 0 Å². The molecule has 15 heteroatoms. The maximum Gasteiger partial charge on any atom is 0.421 e. The van der Waals surface area contributed by atoms with Crippen LogP contribution in [0.5, 0.6) is 0 Å². The van der Waals surface area contributed by atoms with Crippen molar-refractivity contribution in [2.45, 2.75) is 19.6 Å². The van der Waals surface area contributed by atoms with E-state index in [1.807, 2.05) is 0 Å². The Bertz CT molecular complexity index is 1500. The van der Waals surface area contributed by atoms with Crippen molar-refractivity contribution >= 4 is 38.9 Å². The molecule has 0 aliphatic carbocycles. The Labute approximate surface area is 228 Å². The minimum atomic E-state index is -4.83. The summed E-state index contributed by atoms with van der Waals surface area (Å²) in [6, 6.07) is 6.79. The molecule has 2 heterocycles. The fourth-order valence-electron chi connectivity index (χ4n) is 4.16.